The summed E-state index contributed by atoms with van der Waals surface area (Å²) in [6, 6.07) is 5.09. The van der Waals surface area contributed by atoms with Crippen LogP contribution in [0.4, 0.5) is 5.13 Å². The van der Waals surface area contributed by atoms with Crippen LogP contribution in [0.1, 0.15) is 16.2 Å². The maximum Gasteiger partial charge on any atom is 0.275 e. The van der Waals surface area contributed by atoms with E-state index in [4.69, 9.17) is 14.2 Å². The van der Waals surface area contributed by atoms with E-state index < -0.39 is 5.91 Å². The molecule has 0 bridgehead atoms. The summed E-state index contributed by atoms with van der Waals surface area (Å²) in [6.07, 6.45) is 0.151. The highest BCUT2D eigenvalue weighted by Gasteiger charge is 2.18. The van der Waals surface area contributed by atoms with Crippen LogP contribution in [-0.2, 0) is 11.2 Å². The minimum Gasteiger partial charge on any atom is -0.493 e. The summed E-state index contributed by atoms with van der Waals surface area (Å²) in [7, 11) is 6.13. The Labute approximate surface area is 176 Å². The maximum absolute atomic E-state index is 12.5. The lowest BCUT2D eigenvalue weighted by Gasteiger charge is -2.13. The van der Waals surface area contributed by atoms with Crippen molar-refractivity contribution in [2.75, 3.05) is 33.7 Å². The van der Waals surface area contributed by atoms with Gasteiger partial charge >= 0.3 is 0 Å². The molecule has 0 spiro atoms. The van der Waals surface area contributed by atoms with Gasteiger partial charge in [0, 0.05) is 18.0 Å². The second-order valence-electron chi connectivity index (χ2n) is 6.03. The molecule has 2 amide bonds. The minimum atomic E-state index is -0.401. The molecule has 0 saturated heterocycles. The van der Waals surface area contributed by atoms with Gasteiger partial charge in [-0.25, -0.2) is 4.98 Å². The Balaban J connectivity index is 1.78. The van der Waals surface area contributed by atoms with Crippen LogP contribution in [0.5, 0.6) is 17.2 Å². The van der Waals surface area contributed by atoms with Crippen molar-refractivity contribution < 1.29 is 23.8 Å². The molecule has 1 aromatic carbocycles. The largest absolute Gasteiger partial charge is 0.493 e. The Morgan fingerprint density at radius 3 is 2.40 bits per heavy atom. The van der Waals surface area contributed by atoms with Gasteiger partial charge in [0.2, 0.25) is 11.7 Å². The van der Waals surface area contributed by atoms with Gasteiger partial charge in [-0.3, -0.25) is 20.0 Å². The monoisotopic (exact) mass is 431 g/mol. The molecule has 0 fully saturated rings. The highest BCUT2D eigenvalue weighted by atomic mass is 32.1. The van der Waals surface area contributed by atoms with Crippen LogP contribution in [0.2, 0.25) is 0 Å². The fraction of sp³-hybridized carbons (Fsp3) is 0.263. The normalized spacial score (nSPS) is 10.4. The molecule has 2 heterocycles. The lowest BCUT2D eigenvalue weighted by Crippen LogP contribution is -2.20. The van der Waals surface area contributed by atoms with Crippen LogP contribution < -0.4 is 24.8 Å². The lowest BCUT2D eigenvalue weighted by molar-refractivity contribution is -0.120. The molecule has 0 aliphatic rings. The number of carbonyl (C=O) groups is 2. The van der Waals surface area contributed by atoms with E-state index >= 15 is 0 Å². The number of H-pyrrole nitrogens is 1. The Kier molecular flexibility index (Phi) is 6.52. The third-order valence-electron chi connectivity index (χ3n) is 4.18. The zero-order valence-electron chi connectivity index (χ0n) is 16.9. The number of ether oxygens (including phenoxy) is 3. The first-order valence-corrected chi connectivity index (χ1v) is 9.69. The van der Waals surface area contributed by atoms with E-state index in [9.17, 15) is 9.59 Å². The van der Waals surface area contributed by atoms with Crippen LogP contribution in [-0.4, -0.2) is 55.4 Å². The number of nitrogens with one attached hydrogen (secondary N) is 3. The Bertz CT molecular complexity index is 1040. The summed E-state index contributed by atoms with van der Waals surface area (Å²) in [5, 5.41) is 14.3. The van der Waals surface area contributed by atoms with Crippen LogP contribution in [0.15, 0.2) is 23.6 Å². The summed E-state index contributed by atoms with van der Waals surface area (Å²) in [4.78, 5) is 28.2. The fourth-order valence-corrected chi connectivity index (χ4v) is 3.38. The molecule has 3 rings (SSSR count). The van der Waals surface area contributed by atoms with Crippen molar-refractivity contribution in [3.8, 4) is 28.5 Å². The average molecular weight is 431 g/mol. The molecule has 0 radical (unpaired) electrons. The van der Waals surface area contributed by atoms with Gasteiger partial charge in [0.15, 0.2) is 16.6 Å². The van der Waals surface area contributed by atoms with Crippen molar-refractivity contribution in [2.24, 2.45) is 0 Å². The highest BCUT2D eigenvalue weighted by Crippen LogP contribution is 2.40. The van der Waals surface area contributed by atoms with E-state index in [1.54, 1.807) is 30.6 Å². The van der Waals surface area contributed by atoms with E-state index in [1.807, 2.05) is 0 Å². The minimum absolute atomic E-state index is 0.151. The van der Waals surface area contributed by atoms with E-state index in [-0.39, 0.29) is 18.0 Å². The number of anilines is 1. The molecule has 0 atom stereocenters. The molecule has 3 N–H and O–H groups in total. The number of thiazole rings is 1. The molecule has 0 aliphatic carbocycles. The smallest absolute Gasteiger partial charge is 0.275 e. The zero-order chi connectivity index (χ0) is 21.7. The van der Waals surface area contributed by atoms with Crippen molar-refractivity contribution in [3.63, 3.8) is 0 Å². The first-order chi connectivity index (χ1) is 14.5. The standard InChI is InChI=1S/C19H21N5O5S/c1-20-16(25)7-11-9-30-19(21-11)22-18(26)13-8-12(23-24-13)10-5-14(27-2)17(29-4)15(6-10)28-3/h5-6,8-9H,7H2,1-4H3,(H,20,25)(H,23,24)(H,21,22,26). The number of methoxy groups -OCH3 is 3. The Morgan fingerprint density at radius 1 is 1.10 bits per heavy atom. The van der Waals surface area contributed by atoms with Crippen molar-refractivity contribution in [1.29, 1.82) is 0 Å². The highest BCUT2D eigenvalue weighted by molar-refractivity contribution is 7.14. The molecular weight excluding hydrogens is 410 g/mol. The number of amides is 2. The lowest BCUT2D eigenvalue weighted by atomic mass is 10.1. The predicted octanol–water partition coefficient (Wildman–Crippen LogP) is 2.10. The molecule has 10 nitrogen and oxygen atoms in total. The topological polar surface area (TPSA) is 127 Å². The first-order valence-electron chi connectivity index (χ1n) is 8.81. The molecule has 0 saturated carbocycles. The quantitative estimate of drug-likeness (QED) is 0.498. The number of hydrogen-bond acceptors (Lipinski definition) is 8. The number of hydrogen-bond donors (Lipinski definition) is 3. The van der Waals surface area contributed by atoms with Crippen molar-refractivity contribution >= 4 is 28.3 Å². The van der Waals surface area contributed by atoms with E-state index in [0.717, 1.165) is 0 Å². The van der Waals surface area contributed by atoms with E-state index in [0.29, 0.717) is 39.3 Å². The average Bonchev–Trinajstić information content (AvgIpc) is 3.42. The van der Waals surface area contributed by atoms with E-state index in [2.05, 4.69) is 25.8 Å². The third-order valence-corrected chi connectivity index (χ3v) is 4.98. The van der Waals surface area contributed by atoms with Gasteiger partial charge < -0.3 is 19.5 Å². The molecule has 158 valence electrons. The Morgan fingerprint density at radius 2 is 1.80 bits per heavy atom. The van der Waals surface area contributed by atoms with Crippen molar-refractivity contribution in [3.05, 3.63) is 35.0 Å². The molecule has 11 heteroatoms. The number of likely N-dealkylation sites (N-methyl/N-ethyl adjacent to an activating group) is 1. The maximum atomic E-state index is 12.5. The zero-order valence-corrected chi connectivity index (χ0v) is 17.7. The molecule has 30 heavy (non-hydrogen) atoms. The molecule has 2 aromatic heterocycles. The van der Waals surface area contributed by atoms with Gasteiger partial charge in [0.25, 0.3) is 5.91 Å². The van der Waals surface area contributed by atoms with E-state index in [1.165, 1.54) is 32.7 Å². The summed E-state index contributed by atoms with van der Waals surface area (Å²) < 4.78 is 16.0. The van der Waals surface area contributed by atoms with Crippen LogP contribution in [0.25, 0.3) is 11.3 Å². The van der Waals surface area contributed by atoms with Gasteiger partial charge in [-0.05, 0) is 18.2 Å². The van der Waals surface area contributed by atoms with Gasteiger partial charge in [0.1, 0.15) is 5.69 Å². The van der Waals surface area contributed by atoms with Crippen molar-refractivity contribution in [1.82, 2.24) is 20.5 Å². The summed E-state index contributed by atoms with van der Waals surface area (Å²) in [6.45, 7) is 0. The molecule has 3 aromatic rings. The number of aromatic nitrogens is 3. The second-order valence-corrected chi connectivity index (χ2v) is 6.89. The van der Waals surface area contributed by atoms with Crippen LogP contribution in [0, 0.1) is 0 Å². The summed E-state index contributed by atoms with van der Waals surface area (Å²) in [5.74, 6) is 0.872. The summed E-state index contributed by atoms with van der Waals surface area (Å²) in [5.41, 5.74) is 2.04. The van der Waals surface area contributed by atoms with Crippen LogP contribution >= 0.6 is 11.3 Å². The number of rotatable bonds is 8. The molecule has 0 unspecified atom stereocenters. The number of nitrogens with zero attached hydrogens (tertiary/aromatic N) is 2. The van der Waals surface area contributed by atoms with Gasteiger partial charge in [-0.2, -0.15) is 5.10 Å². The third kappa shape index (κ3) is 4.51. The van der Waals surface area contributed by atoms with Crippen molar-refractivity contribution in [2.45, 2.75) is 6.42 Å². The van der Waals surface area contributed by atoms with Gasteiger partial charge in [0.05, 0.1) is 39.1 Å². The number of benzene rings is 1. The van der Waals surface area contributed by atoms with Gasteiger partial charge in [-0.15, -0.1) is 11.3 Å². The SMILES string of the molecule is CNC(=O)Cc1csc(NC(=O)c2cc(-c3cc(OC)c(OC)c(OC)c3)n[nH]2)n1. The van der Waals surface area contributed by atoms with Crippen LogP contribution in [0.3, 0.4) is 0 Å². The second kappa shape index (κ2) is 9.27. The van der Waals surface area contributed by atoms with Gasteiger partial charge in [-0.1, -0.05) is 0 Å². The number of carbonyl (C=O) groups excluding carboxylic acids is 2. The fourth-order valence-electron chi connectivity index (χ4n) is 2.68. The first kappa shape index (κ1) is 21.1. The predicted molar refractivity (Wildman–Crippen MR) is 112 cm³/mol. The Hall–Kier alpha value is -3.60. The molecular formula is C19H21N5O5S. The molecule has 0 aliphatic heterocycles. The number of aromatic amines is 1. The summed E-state index contributed by atoms with van der Waals surface area (Å²) >= 11 is 1.24.